The van der Waals surface area contributed by atoms with Crippen LogP contribution in [0.2, 0.25) is 4.34 Å². The number of aliphatic hydroxyl groups is 1. The summed E-state index contributed by atoms with van der Waals surface area (Å²) in [5.41, 5.74) is 3.04. The lowest BCUT2D eigenvalue weighted by Gasteiger charge is -2.22. The highest BCUT2D eigenvalue weighted by Gasteiger charge is 2.24. The molecule has 0 bridgehead atoms. The summed E-state index contributed by atoms with van der Waals surface area (Å²) in [4.78, 5) is 12.5. The maximum absolute atomic E-state index is 13.1. The maximum atomic E-state index is 13.1. The van der Waals surface area contributed by atoms with Gasteiger partial charge in [0.1, 0.15) is 10.3 Å². The zero-order valence-corrected chi connectivity index (χ0v) is 23.4. The van der Waals surface area contributed by atoms with Crippen molar-refractivity contribution in [3.05, 3.63) is 75.6 Å². The second-order valence-electron chi connectivity index (χ2n) is 9.21. The summed E-state index contributed by atoms with van der Waals surface area (Å²) in [7, 11) is -3.95. The monoisotopic (exact) mass is 589 g/mol. The van der Waals surface area contributed by atoms with Crippen molar-refractivity contribution in [1.29, 1.82) is 0 Å². The zero-order valence-electron chi connectivity index (χ0n) is 21.1. The van der Waals surface area contributed by atoms with Crippen molar-refractivity contribution in [3.63, 3.8) is 0 Å². The summed E-state index contributed by atoms with van der Waals surface area (Å²) in [5, 5.41) is 21.6. The number of ether oxygens (including phenoxy) is 1. The number of amides is 1. The second kappa shape index (κ2) is 11.6. The first-order chi connectivity index (χ1) is 18.7. The number of halogens is 1. The van der Waals surface area contributed by atoms with Crippen LogP contribution < -0.4 is 15.4 Å². The molecule has 2 aromatic heterocycles. The Morgan fingerprint density at radius 2 is 2.05 bits per heavy atom. The highest BCUT2D eigenvalue weighted by atomic mass is 35.5. The summed E-state index contributed by atoms with van der Waals surface area (Å²) >= 11 is 6.91. The molecule has 1 aliphatic heterocycles. The Morgan fingerprint density at radius 1 is 1.26 bits per heavy atom. The van der Waals surface area contributed by atoms with E-state index in [0.717, 1.165) is 22.5 Å². The molecule has 0 radical (unpaired) electrons. The number of fused-ring (bicyclic) bond motifs is 1. The third-order valence-corrected chi connectivity index (χ3v) is 9.40. The minimum Gasteiger partial charge on any atom is -0.389 e. The molecule has 1 fully saturated rings. The Hall–Kier alpha value is -3.00. The molecule has 206 valence electrons. The summed E-state index contributed by atoms with van der Waals surface area (Å²) in [5.74, 6) is 0.00409. The lowest BCUT2D eigenvalue weighted by atomic mass is 10.1. The van der Waals surface area contributed by atoms with E-state index in [0.29, 0.717) is 53.7 Å². The molecule has 2 atom stereocenters. The van der Waals surface area contributed by atoms with Gasteiger partial charge in [0.2, 0.25) is 5.91 Å². The topological polar surface area (TPSA) is 135 Å². The standard InChI is InChI=1S/C26H28ClN5O5S2/c1-16(33)19-6-3-7-21-24(19)25(31-39(35,36)23-9-8-22(27)38-23)30-32(21)14-18-5-2-4-17(12-18)13-29-26(34)20-15-37-11-10-28-20/h2-9,12,16,20,28,33H,10-11,13-15H2,1H3,(H,29,34)(H,30,31). The average molecular weight is 590 g/mol. The van der Waals surface area contributed by atoms with Gasteiger partial charge < -0.3 is 20.5 Å². The number of sulfonamides is 1. The number of aliphatic hydroxyl groups excluding tert-OH is 1. The molecule has 13 heteroatoms. The third-order valence-electron chi connectivity index (χ3n) is 6.33. The largest absolute Gasteiger partial charge is 0.389 e. The first kappa shape index (κ1) is 27.6. The van der Waals surface area contributed by atoms with E-state index in [1.54, 1.807) is 23.7 Å². The van der Waals surface area contributed by atoms with Crippen molar-refractivity contribution >= 4 is 55.6 Å². The molecule has 1 saturated heterocycles. The zero-order chi connectivity index (χ0) is 27.6. The van der Waals surface area contributed by atoms with Crippen LogP contribution in [0.15, 0.2) is 58.8 Å². The van der Waals surface area contributed by atoms with Crippen LogP contribution in [-0.4, -0.2) is 55.0 Å². The number of aromatic nitrogens is 2. The molecular formula is C26H28ClN5O5S2. The maximum Gasteiger partial charge on any atom is 0.272 e. The smallest absolute Gasteiger partial charge is 0.272 e. The van der Waals surface area contributed by atoms with Crippen LogP contribution in [-0.2, 0) is 32.6 Å². The Balaban J connectivity index is 1.41. The molecule has 5 rings (SSSR count). The fourth-order valence-corrected chi connectivity index (χ4v) is 6.96. The van der Waals surface area contributed by atoms with E-state index in [1.165, 1.54) is 12.1 Å². The molecule has 39 heavy (non-hydrogen) atoms. The van der Waals surface area contributed by atoms with Crippen molar-refractivity contribution in [2.45, 2.75) is 36.4 Å². The van der Waals surface area contributed by atoms with Crippen LogP contribution in [0.1, 0.15) is 29.7 Å². The van der Waals surface area contributed by atoms with Crippen LogP contribution in [0, 0.1) is 0 Å². The number of rotatable bonds is 9. The van der Waals surface area contributed by atoms with Gasteiger partial charge in [-0.3, -0.25) is 14.2 Å². The summed E-state index contributed by atoms with van der Waals surface area (Å²) in [6.45, 7) is 3.89. The predicted octanol–water partition coefficient (Wildman–Crippen LogP) is 3.26. The predicted molar refractivity (Wildman–Crippen MR) is 151 cm³/mol. The average Bonchev–Trinajstić information content (AvgIpc) is 3.52. The lowest BCUT2D eigenvalue weighted by molar-refractivity contribution is -0.126. The van der Waals surface area contributed by atoms with Gasteiger partial charge in [0, 0.05) is 13.1 Å². The number of hydrogen-bond donors (Lipinski definition) is 4. The van der Waals surface area contributed by atoms with E-state index in [9.17, 15) is 18.3 Å². The van der Waals surface area contributed by atoms with Gasteiger partial charge in [0.25, 0.3) is 10.0 Å². The van der Waals surface area contributed by atoms with E-state index in [1.807, 2.05) is 30.3 Å². The first-order valence-electron chi connectivity index (χ1n) is 12.3. The summed E-state index contributed by atoms with van der Waals surface area (Å²) in [6.07, 6.45) is -0.846. The van der Waals surface area contributed by atoms with Gasteiger partial charge in [-0.2, -0.15) is 5.10 Å². The Labute approximate surface area is 235 Å². The molecule has 4 aromatic rings. The molecule has 0 saturated carbocycles. The summed E-state index contributed by atoms with van der Waals surface area (Å²) in [6, 6.07) is 15.7. The number of benzene rings is 2. The molecule has 10 nitrogen and oxygen atoms in total. The minimum atomic E-state index is -3.95. The molecule has 1 aliphatic rings. The molecule has 4 N–H and O–H groups in total. The number of morpholine rings is 1. The van der Waals surface area contributed by atoms with Crippen molar-refractivity contribution in [3.8, 4) is 0 Å². The fraction of sp³-hybridized carbons (Fsp3) is 0.308. The van der Waals surface area contributed by atoms with Crippen LogP contribution in [0.5, 0.6) is 0 Å². The number of nitrogens with one attached hydrogen (secondary N) is 3. The van der Waals surface area contributed by atoms with Gasteiger partial charge >= 0.3 is 0 Å². The summed E-state index contributed by atoms with van der Waals surface area (Å²) < 4.78 is 36.2. The first-order valence-corrected chi connectivity index (χ1v) is 15.0. The molecule has 0 aliphatic carbocycles. The van der Waals surface area contributed by atoms with Gasteiger partial charge in [-0.25, -0.2) is 8.42 Å². The number of nitrogens with zero attached hydrogens (tertiary/aromatic N) is 2. The van der Waals surface area contributed by atoms with Crippen LogP contribution in [0.4, 0.5) is 5.82 Å². The molecule has 1 amide bonds. The van der Waals surface area contributed by atoms with Gasteiger partial charge in [0.15, 0.2) is 5.82 Å². The molecule has 2 unspecified atom stereocenters. The van der Waals surface area contributed by atoms with Gasteiger partial charge in [0.05, 0.1) is 41.1 Å². The normalized spacial score (nSPS) is 16.7. The van der Waals surface area contributed by atoms with Crippen molar-refractivity contribution in [1.82, 2.24) is 20.4 Å². The van der Waals surface area contributed by atoms with E-state index in [2.05, 4.69) is 20.5 Å². The third kappa shape index (κ3) is 6.26. The van der Waals surface area contributed by atoms with Crippen molar-refractivity contribution in [2.24, 2.45) is 0 Å². The van der Waals surface area contributed by atoms with E-state index < -0.39 is 16.1 Å². The van der Waals surface area contributed by atoms with E-state index >= 15 is 0 Å². The van der Waals surface area contributed by atoms with Crippen molar-refractivity contribution < 1.29 is 23.1 Å². The number of hydrogen-bond acceptors (Lipinski definition) is 8. The molecule has 3 heterocycles. The van der Waals surface area contributed by atoms with Crippen molar-refractivity contribution in [2.75, 3.05) is 24.5 Å². The van der Waals surface area contributed by atoms with Gasteiger partial charge in [-0.05, 0) is 41.8 Å². The second-order valence-corrected chi connectivity index (χ2v) is 12.8. The molecule has 2 aromatic carbocycles. The Morgan fingerprint density at radius 3 is 2.77 bits per heavy atom. The highest BCUT2D eigenvalue weighted by molar-refractivity contribution is 7.94. The van der Waals surface area contributed by atoms with Crippen LogP contribution in [0.25, 0.3) is 10.9 Å². The Bertz CT molecular complexity index is 1600. The number of thiophene rings is 1. The van der Waals surface area contributed by atoms with Crippen LogP contribution >= 0.6 is 22.9 Å². The van der Waals surface area contributed by atoms with Crippen LogP contribution in [0.3, 0.4) is 0 Å². The Kier molecular flexibility index (Phi) is 8.21. The number of carbonyl (C=O) groups is 1. The number of carbonyl (C=O) groups excluding carboxylic acids is 1. The SMILES string of the molecule is CC(O)c1cccc2c1c(NS(=O)(=O)c1ccc(Cl)s1)nn2Cc1cccc(CNC(=O)C2COCCN2)c1. The highest BCUT2D eigenvalue weighted by Crippen LogP contribution is 2.34. The van der Waals surface area contributed by atoms with Gasteiger partial charge in [-0.15, -0.1) is 11.3 Å². The van der Waals surface area contributed by atoms with E-state index in [-0.39, 0.29) is 22.0 Å². The molecular weight excluding hydrogens is 562 g/mol. The molecule has 0 spiro atoms. The van der Waals surface area contributed by atoms with Gasteiger partial charge in [-0.1, -0.05) is 48.0 Å². The minimum absolute atomic E-state index is 0.0643. The fourth-order valence-electron chi connectivity index (χ4n) is 4.47. The quantitative estimate of drug-likeness (QED) is 0.235. The van der Waals surface area contributed by atoms with E-state index in [4.69, 9.17) is 16.3 Å². The number of anilines is 1. The lowest BCUT2D eigenvalue weighted by Crippen LogP contribution is -2.51.